The van der Waals surface area contributed by atoms with Crippen LogP contribution in [0.1, 0.15) is 34.6 Å². The van der Waals surface area contributed by atoms with E-state index in [1.165, 1.54) is 0 Å². The third-order valence-electron chi connectivity index (χ3n) is 2.09. The number of hydrogen-bond acceptors (Lipinski definition) is 4. The Labute approximate surface area is 108 Å². The van der Waals surface area contributed by atoms with Crippen molar-refractivity contribution in [1.82, 2.24) is 0 Å². The Morgan fingerprint density at radius 1 is 1.39 bits per heavy atom. The van der Waals surface area contributed by atoms with Gasteiger partial charge in [-0.1, -0.05) is 26.5 Å². The van der Waals surface area contributed by atoms with Crippen molar-refractivity contribution in [2.45, 2.75) is 40.7 Å². The summed E-state index contributed by atoms with van der Waals surface area (Å²) in [5.74, 6) is 0. The molecule has 0 aromatic rings. The second-order valence-corrected chi connectivity index (χ2v) is 6.65. The molecule has 1 N–H and O–H groups in total. The molecule has 18 heavy (non-hydrogen) atoms. The van der Waals surface area contributed by atoms with E-state index in [1.54, 1.807) is 34.6 Å². The fraction of sp³-hybridized carbons (Fsp3) is 0.750. The molecule has 1 atom stereocenters. The highest BCUT2D eigenvalue weighted by Crippen LogP contribution is 2.56. The average Bonchev–Trinajstić information content (AvgIpc) is 2.24. The van der Waals surface area contributed by atoms with E-state index in [2.05, 4.69) is 5.73 Å². The third-order valence-corrected chi connectivity index (χ3v) is 3.89. The second kappa shape index (κ2) is 7.22. The molecule has 0 radical (unpaired) electrons. The molecule has 0 saturated carbocycles. The molecule has 4 nitrogen and oxygen atoms in total. The zero-order chi connectivity index (χ0) is 14.4. The minimum Gasteiger partial charge on any atom is -0.388 e. The molecule has 0 saturated heterocycles. The average molecular weight is 280 g/mol. The lowest BCUT2D eigenvalue weighted by Crippen LogP contribution is -2.23. The lowest BCUT2D eigenvalue weighted by atomic mass is 9.89. The van der Waals surface area contributed by atoms with Crippen LogP contribution in [-0.2, 0) is 13.6 Å². The van der Waals surface area contributed by atoms with E-state index in [-0.39, 0.29) is 13.2 Å². The van der Waals surface area contributed by atoms with Crippen molar-refractivity contribution in [1.29, 1.82) is 0 Å². The molecule has 0 aliphatic heterocycles. The second-order valence-electron chi connectivity index (χ2n) is 4.75. The van der Waals surface area contributed by atoms with E-state index in [0.29, 0.717) is 0 Å². The van der Waals surface area contributed by atoms with Crippen LogP contribution in [0.4, 0.5) is 4.39 Å². The van der Waals surface area contributed by atoms with E-state index in [4.69, 9.17) is 9.05 Å². The van der Waals surface area contributed by atoms with Gasteiger partial charge in [0, 0.05) is 0 Å². The Hall–Kier alpha value is -0.440. The Kier molecular flexibility index (Phi) is 7.05. The summed E-state index contributed by atoms with van der Waals surface area (Å²) >= 11 is 0. The molecule has 0 aliphatic rings. The summed E-state index contributed by atoms with van der Waals surface area (Å²) < 4.78 is 35.3. The minimum atomic E-state index is -3.92. The Balaban J connectivity index is 5.15. The molecule has 0 amide bonds. The summed E-state index contributed by atoms with van der Waals surface area (Å²) in [4.78, 5) is 0. The van der Waals surface area contributed by atoms with Crippen molar-refractivity contribution >= 4 is 7.60 Å². The molecule has 0 fully saturated rings. The number of halogens is 1. The van der Waals surface area contributed by atoms with Crippen LogP contribution < -0.4 is 0 Å². The zero-order valence-corrected chi connectivity index (χ0v) is 12.5. The maximum Gasteiger partial charge on any atom is 0.397 e. The standard InChI is InChI=1S/C12H22FO4P/c1-6-16-18(15,17-7-2)11(13)9-8-10(14)12(3,4)5/h8,10,14H,6-7H2,1-5H3. The van der Waals surface area contributed by atoms with E-state index < -0.39 is 24.7 Å². The SMILES string of the molecule is CCOP(=O)(OCC)C(F)=C=CC(O)C(C)(C)C. The topological polar surface area (TPSA) is 55.8 Å². The van der Waals surface area contributed by atoms with Crippen molar-refractivity contribution in [2.75, 3.05) is 13.2 Å². The fourth-order valence-corrected chi connectivity index (χ4v) is 2.18. The van der Waals surface area contributed by atoms with E-state index >= 15 is 0 Å². The van der Waals surface area contributed by atoms with Crippen LogP contribution in [-0.4, -0.2) is 24.4 Å². The highest BCUT2D eigenvalue weighted by Gasteiger charge is 2.30. The first-order valence-corrected chi connectivity index (χ1v) is 7.41. The zero-order valence-electron chi connectivity index (χ0n) is 11.6. The Bertz CT molecular complexity index is 357. The predicted molar refractivity (Wildman–Crippen MR) is 69.0 cm³/mol. The highest BCUT2D eigenvalue weighted by molar-refractivity contribution is 7.58. The predicted octanol–water partition coefficient (Wildman–Crippen LogP) is 3.63. The maximum atomic E-state index is 13.7. The first-order chi connectivity index (χ1) is 8.17. The van der Waals surface area contributed by atoms with Crippen LogP contribution in [0.15, 0.2) is 17.4 Å². The molecule has 0 heterocycles. The van der Waals surface area contributed by atoms with Crippen LogP contribution in [0.3, 0.4) is 0 Å². The van der Waals surface area contributed by atoms with Crippen molar-refractivity contribution in [3.8, 4) is 0 Å². The molecule has 0 spiro atoms. The number of rotatable bonds is 6. The molecule has 0 aromatic carbocycles. The van der Waals surface area contributed by atoms with Crippen LogP contribution in [0, 0.1) is 5.41 Å². The van der Waals surface area contributed by atoms with Crippen molar-refractivity contribution in [2.24, 2.45) is 5.41 Å². The molecule has 0 aromatic heterocycles. The van der Waals surface area contributed by atoms with Crippen LogP contribution in [0.25, 0.3) is 0 Å². The smallest absolute Gasteiger partial charge is 0.388 e. The summed E-state index contributed by atoms with van der Waals surface area (Å²) in [6, 6.07) is 0. The number of hydrogen-bond donors (Lipinski definition) is 1. The third kappa shape index (κ3) is 5.47. The van der Waals surface area contributed by atoms with Gasteiger partial charge < -0.3 is 14.2 Å². The monoisotopic (exact) mass is 280 g/mol. The van der Waals surface area contributed by atoms with Gasteiger partial charge in [0.25, 0.3) is 5.57 Å². The van der Waals surface area contributed by atoms with Gasteiger partial charge in [0.15, 0.2) is 0 Å². The largest absolute Gasteiger partial charge is 0.397 e. The van der Waals surface area contributed by atoms with Crippen LogP contribution >= 0.6 is 7.60 Å². The molecule has 106 valence electrons. The molecular weight excluding hydrogens is 258 g/mol. The van der Waals surface area contributed by atoms with Crippen molar-refractivity contribution in [3.05, 3.63) is 17.4 Å². The first kappa shape index (κ1) is 17.6. The first-order valence-electron chi connectivity index (χ1n) is 5.87. The van der Waals surface area contributed by atoms with Gasteiger partial charge in [0.1, 0.15) is 0 Å². The van der Waals surface area contributed by atoms with Gasteiger partial charge in [-0.05, 0) is 25.3 Å². The van der Waals surface area contributed by atoms with E-state index in [0.717, 1.165) is 6.08 Å². The molecule has 6 heteroatoms. The Morgan fingerprint density at radius 3 is 2.17 bits per heavy atom. The van der Waals surface area contributed by atoms with E-state index in [9.17, 15) is 14.1 Å². The lowest BCUT2D eigenvalue weighted by Gasteiger charge is -2.21. The summed E-state index contributed by atoms with van der Waals surface area (Å²) in [6.07, 6.45) is 0.222. The van der Waals surface area contributed by atoms with Gasteiger partial charge in [0.05, 0.1) is 19.3 Å². The maximum absolute atomic E-state index is 13.7. The van der Waals surface area contributed by atoms with Crippen LogP contribution in [0.5, 0.6) is 0 Å². The van der Waals surface area contributed by atoms with Gasteiger partial charge in [-0.25, -0.2) is 0 Å². The van der Waals surface area contributed by atoms with Crippen LogP contribution in [0.2, 0.25) is 0 Å². The Morgan fingerprint density at radius 2 is 1.83 bits per heavy atom. The molecule has 0 bridgehead atoms. The minimum absolute atomic E-state index is 0.0637. The van der Waals surface area contributed by atoms with Gasteiger partial charge >= 0.3 is 7.60 Å². The summed E-state index contributed by atoms with van der Waals surface area (Å²) in [7, 11) is -3.92. The number of aliphatic hydroxyl groups is 1. The molecule has 0 rings (SSSR count). The van der Waals surface area contributed by atoms with Gasteiger partial charge in [-0.15, -0.1) is 0 Å². The van der Waals surface area contributed by atoms with E-state index in [1.807, 2.05) is 0 Å². The van der Waals surface area contributed by atoms with Gasteiger partial charge in [0.2, 0.25) is 0 Å². The van der Waals surface area contributed by atoms with Gasteiger partial charge in [-0.2, -0.15) is 4.39 Å². The van der Waals surface area contributed by atoms with Crippen molar-refractivity contribution in [3.63, 3.8) is 0 Å². The molecule has 1 unspecified atom stereocenters. The molecule has 0 aliphatic carbocycles. The highest BCUT2D eigenvalue weighted by atomic mass is 31.2. The van der Waals surface area contributed by atoms with Gasteiger partial charge in [-0.3, -0.25) is 4.57 Å². The normalized spacial score (nSPS) is 13.9. The van der Waals surface area contributed by atoms with Crippen molar-refractivity contribution < 1.29 is 23.1 Å². The quantitative estimate of drug-likeness (QED) is 0.596. The summed E-state index contributed by atoms with van der Waals surface area (Å²) in [5, 5.41) is 9.69. The summed E-state index contributed by atoms with van der Waals surface area (Å²) in [6.45, 7) is 8.68. The lowest BCUT2D eigenvalue weighted by molar-refractivity contribution is 0.105. The summed E-state index contributed by atoms with van der Waals surface area (Å²) in [5.41, 5.74) is 0.595. The number of aliphatic hydroxyl groups excluding tert-OH is 1. The fourth-order valence-electron chi connectivity index (χ4n) is 0.967. The molecular formula is C12H22FO4P.